The largest absolute Gasteiger partial charge is 0.353 e. The smallest absolute Gasteiger partial charge is 0.234 e. The van der Waals surface area contributed by atoms with Crippen LogP contribution >= 0.6 is 0 Å². The number of hydrogen-bond acceptors (Lipinski definition) is 2. The Balaban J connectivity index is 2.16. The van der Waals surface area contributed by atoms with E-state index >= 15 is 0 Å². The van der Waals surface area contributed by atoms with E-state index in [9.17, 15) is 4.79 Å². The molecule has 0 aliphatic heterocycles. The van der Waals surface area contributed by atoms with E-state index in [1.807, 2.05) is 0 Å². The van der Waals surface area contributed by atoms with Crippen LogP contribution in [0.15, 0.2) is 0 Å². The fraction of sp³-hybridized carbons (Fsp3) is 0.933. The van der Waals surface area contributed by atoms with Crippen LogP contribution in [0.2, 0.25) is 0 Å². The second-order valence-corrected chi connectivity index (χ2v) is 5.82. The van der Waals surface area contributed by atoms with E-state index in [-0.39, 0.29) is 5.91 Å². The summed E-state index contributed by atoms with van der Waals surface area (Å²) in [6.07, 6.45) is 8.92. The third kappa shape index (κ3) is 5.85. The van der Waals surface area contributed by atoms with Crippen molar-refractivity contribution >= 4 is 5.91 Å². The van der Waals surface area contributed by atoms with Crippen molar-refractivity contribution in [2.45, 2.75) is 77.8 Å². The quantitative estimate of drug-likeness (QED) is 0.733. The Morgan fingerprint density at radius 2 is 1.89 bits per heavy atom. The molecule has 1 aliphatic carbocycles. The number of nitrogens with one attached hydrogen (secondary N) is 2. The molecule has 1 fully saturated rings. The van der Waals surface area contributed by atoms with E-state index in [1.54, 1.807) is 0 Å². The number of amides is 1. The first-order valence-corrected chi connectivity index (χ1v) is 7.66. The number of carbonyl (C=O) groups excluding carboxylic acids is 1. The summed E-state index contributed by atoms with van der Waals surface area (Å²) in [6.45, 7) is 6.91. The highest BCUT2D eigenvalue weighted by Gasteiger charge is 2.20. The molecule has 0 spiro atoms. The van der Waals surface area contributed by atoms with Crippen molar-refractivity contribution < 1.29 is 4.79 Å². The summed E-state index contributed by atoms with van der Waals surface area (Å²) >= 11 is 0. The van der Waals surface area contributed by atoms with Gasteiger partial charge in [0.25, 0.3) is 0 Å². The van der Waals surface area contributed by atoms with Gasteiger partial charge < -0.3 is 10.6 Å². The van der Waals surface area contributed by atoms with Crippen LogP contribution in [0.25, 0.3) is 0 Å². The van der Waals surface area contributed by atoms with Gasteiger partial charge in [0, 0.05) is 12.1 Å². The van der Waals surface area contributed by atoms with E-state index in [2.05, 4.69) is 31.4 Å². The van der Waals surface area contributed by atoms with Crippen LogP contribution in [0.5, 0.6) is 0 Å². The van der Waals surface area contributed by atoms with Crippen LogP contribution in [0.3, 0.4) is 0 Å². The Labute approximate surface area is 112 Å². The topological polar surface area (TPSA) is 41.1 Å². The van der Waals surface area contributed by atoms with Gasteiger partial charge in [0.2, 0.25) is 5.91 Å². The van der Waals surface area contributed by atoms with Gasteiger partial charge in [0.1, 0.15) is 0 Å². The van der Waals surface area contributed by atoms with E-state index in [1.165, 1.54) is 32.1 Å². The van der Waals surface area contributed by atoms with Crippen LogP contribution in [0.4, 0.5) is 0 Å². The molecule has 2 unspecified atom stereocenters. The fourth-order valence-electron chi connectivity index (χ4n) is 2.89. The van der Waals surface area contributed by atoms with Gasteiger partial charge in [-0.1, -0.05) is 32.6 Å². The Kier molecular flexibility index (Phi) is 7.33. The molecular weight excluding hydrogens is 224 g/mol. The summed E-state index contributed by atoms with van der Waals surface area (Å²) in [5.41, 5.74) is 0. The molecule has 18 heavy (non-hydrogen) atoms. The Hall–Kier alpha value is -0.570. The summed E-state index contributed by atoms with van der Waals surface area (Å²) in [5, 5.41) is 6.43. The van der Waals surface area contributed by atoms with Gasteiger partial charge in [-0.05, 0) is 39.0 Å². The third-order valence-corrected chi connectivity index (χ3v) is 4.07. The Morgan fingerprint density at radius 3 is 2.50 bits per heavy atom. The molecule has 1 rings (SSSR count). The molecule has 0 aromatic carbocycles. The summed E-state index contributed by atoms with van der Waals surface area (Å²) < 4.78 is 0. The minimum atomic E-state index is 0.138. The lowest BCUT2D eigenvalue weighted by atomic mass is 9.84. The minimum Gasteiger partial charge on any atom is -0.353 e. The molecule has 106 valence electrons. The Morgan fingerprint density at radius 1 is 1.22 bits per heavy atom. The zero-order chi connectivity index (χ0) is 13.4. The SMILES string of the molecule is CCCC(C)NC(=O)CNC(C)C1CCCCC1. The van der Waals surface area contributed by atoms with E-state index in [4.69, 9.17) is 0 Å². The van der Waals surface area contributed by atoms with Crippen LogP contribution in [0, 0.1) is 5.92 Å². The third-order valence-electron chi connectivity index (χ3n) is 4.07. The van der Waals surface area contributed by atoms with Gasteiger partial charge in [0.15, 0.2) is 0 Å². The van der Waals surface area contributed by atoms with Crippen LogP contribution in [-0.2, 0) is 4.79 Å². The highest BCUT2D eigenvalue weighted by Crippen LogP contribution is 2.26. The lowest BCUT2D eigenvalue weighted by Gasteiger charge is -2.28. The highest BCUT2D eigenvalue weighted by atomic mass is 16.1. The van der Waals surface area contributed by atoms with Gasteiger partial charge >= 0.3 is 0 Å². The monoisotopic (exact) mass is 254 g/mol. The lowest BCUT2D eigenvalue weighted by molar-refractivity contribution is -0.121. The molecule has 1 amide bonds. The van der Waals surface area contributed by atoms with E-state index in [0.717, 1.165) is 18.8 Å². The molecule has 0 heterocycles. The van der Waals surface area contributed by atoms with Gasteiger partial charge in [-0.3, -0.25) is 4.79 Å². The van der Waals surface area contributed by atoms with Crippen molar-refractivity contribution in [2.75, 3.05) is 6.54 Å². The molecule has 0 aromatic heterocycles. The van der Waals surface area contributed by atoms with E-state index < -0.39 is 0 Å². The first-order valence-electron chi connectivity index (χ1n) is 7.66. The van der Waals surface area contributed by atoms with Gasteiger partial charge in [-0.25, -0.2) is 0 Å². The average Bonchev–Trinajstić information content (AvgIpc) is 2.37. The van der Waals surface area contributed by atoms with Crippen molar-refractivity contribution in [1.29, 1.82) is 0 Å². The molecule has 2 atom stereocenters. The molecule has 0 saturated heterocycles. The molecule has 0 radical (unpaired) electrons. The van der Waals surface area contributed by atoms with Crippen molar-refractivity contribution in [3.63, 3.8) is 0 Å². The predicted molar refractivity (Wildman–Crippen MR) is 76.6 cm³/mol. The highest BCUT2D eigenvalue weighted by molar-refractivity contribution is 5.78. The molecule has 0 bridgehead atoms. The standard InChI is InChI=1S/C15H30N2O/c1-4-8-12(2)17-15(18)11-16-13(3)14-9-6-5-7-10-14/h12-14,16H,4-11H2,1-3H3,(H,17,18). The fourth-order valence-corrected chi connectivity index (χ4v) is 2.89. The van der Waals surface area contributed by atoms with Crippen LogP contribution in [-0.4, -0.2) is 24.5 Å². The summed E-state index contributed by atoms with van der Waals surface area (Å²) in [4.78, 5) is 11.7. The zero-order valence-electron chi connectivity index (χ0n) is 12.3. The van der Waals surface area contributed by atoms with E-state index in [0.29, 0.717) is 18.6 Å². The van der Waals surface area contributed by atoms with Gasteiger partial charge in [-0.2, -0.15) is 0 Å². The van der Waals surface area contributed by atoms with Crippen LogP contribution in [0.1, 0.15) is 65.7 Å². The molecule has 3 nitrogen and oxygen atoms in total. The maximum Gasteiger partial charge on any atom is 0.234 e. The first kappa shape index (κ1) is 15.5. The molecule has 0 aromatic rings. The molecule has 3 heteroatoms. The predicted octanol–water partition coefficient (Wildman–Crippen LogP) is 2.85. The van der Waals surface area contributed by atoms with Gasteiger partial charge in [0.05, 0.1) is 6.54 Å². The molecule has 1 aliphatic rings. The van der Waals surface area contributed by atoms with Crippen molar-refractivity contribution in [3.05, 3.63) is 0 Å². The number of rotatable bonds is 7. The van der Waals surface area contributed by atoms with Crippen molar-refractivity contribution in [3.8, 4) is 0 Å². The number of carbonyl (C=O) groups is 1. The van der Waals surface area contributed by atoms with Crippen molar-refractivity contribution in [1.82, 2.24) is 10.6 Å². The van der Waals surface area contributed by atoms with Crippen LogP contribution < -0.4 is 10.6 Å². The minimum absolute atomic E-state index is 0.138. The maximum absolute atomic E-state index is 11.7. The first-order chi connectivity index (χ1) is 8.63. The average molecular weight is 254 g/mol. The van der Waals surface area contributed by atoms with Crippen molar-refractivity contribution in [2.24, 2.45) is 5.92 Å². The maximum atomic E-state index is 11.7. The molecular formula is C15H30N2O. The second kappa shape index (κ2) is 8.52. The number of hydrogen-bond donors (Lipinski definition) is 2. The van der Waals surface area contributed by atoms with Gasteiger partial charge in [-0.15, -0.1) is 0 Å². The summed E-state index contributed by atoms with van der Waals surface area (Å²) in [6, 6.07) is 0.770. The molecule has 1 saturated carbocycles. The summed E-state index contributed by atoms with van der Waals surface area (Å²) in [5.74, 6) is 0.901. The normalized spacial score (nSPS) is 20.4. The summed E-state index contributed by atoms with van der Waals surface area (Å²) in [7, 11) is 0. The zero-order valence-corrected chi connectivity index (χ0v) is 12.3. The lowest BCUT2D eigenvalue weighted by Crippen LogP contribution is -2.43. The Bertz CT molecular complexity index is 237. The molecule has 2 N–H and O–H groups in total. The second-order valence-electron chi connectivity index (χ2n) is 5.82.